The van der Waals surface area contributed by atoms with Crippen LogP contribution in [0.3, 0.4) is 0 Å². The van der Waals surface area contributed by atoms with E-state index in [0.29, 0.717) is 42.3 Å². The first-order valence-electron chi connectivity index (χ1n) is 8.33. The van der Waals surface area contributed by atoms with Crippen LogP contribution in [0.4, 0.5) is 5.69 Å². The van der Waals surface area contributed by atoms with Crippen molar-refractivity contribution < 1.29 is 17.9 Å². The van der Waals surface area contributed by atoms with Crippen molar-refractivity contribution in [1.82, 2.24) is 15.1 Å². The monoisotopic (exact) mass is 378 g/mol. The van der Waals surface area contributed by atoms with Crippen LogP contribution in [0.2, 0.25) is 0 Å². The first-order valence-corrected chi connectivity index (χ1v) is 9.81. The summed E-state index contributed by atoms with van der Waals surface area (Å²) in [7, 11) is -3.75. The summed E-state index contributed by atoms with van der Waals surface area (Å²) in [5, 5.41) is 6.58. The van der Waals surface area contributed by atoms with Gasteiger partial charge < -0.3 is 9.64 Å². The Labute approximate surface area is 152 Å². The van der Waals surface area contributed by atoms with Crippen molar-refractivity contribution in [3.63, 3.8) is 0 Å². The first-order chi connectivity index (χ1) is 12.3. The van der Waals surface area contributed by atoms with Crippen LogP contribution < -0.4 is 4.72 Å². The maximum absolute atomic E-state index is 12.5. The molecule has 26 heavy (non-hydrogen) atoms. The molecule has 8 nitrogen and oxygen atoms in total. The molecular weight excluding hydrogens is 356 g/mol. The van der Waals surface area contributed by atoms with Gasteiger partial charge in [0.2, 0.25) is 0 Å². The lowest BCUT2D eigenvalue weighted by atomic mass is 10.1. The number of amides is 1. The molecule has 1 fully saturated rings. The van der Waals surface area contributed by atoms with Gasteiger partial charge in [0.15, 0.2) is 0 Å². The Bertz CT molecular complexity index is 886. The smallest absolute Gasteiger partial charge is 0.265 e. The number of anilines is 1. The molecule has 2 aromatic rings. The van der Waals surface area contributed by atoms with Gasteiger partial charge >= 0.3 is 0 Å². The third kappa shape index (κ3) is 3.73. The molecule has 2 heterocycles. The molecule has 0 bridgehead atoms. The Morgan fingerprint density at radius 1 is 1.31 bits per heavy atom. The van der Waals surface area contributed by atoms with E-state index in [-0.39, 0.29) is 16.9 Å². The molecule has 9 heteroatoms. The highest BCUT2D eigenvalue weighted by atomic mass is 32.2. The predicted molar refractivity (Wildman–Crippen MR) is 96.6 cm³/mol. The average molecular weight is 378 g/mol. The summed E-state index contributed by atoms with van der Waals surface area (Å²) >= 11 is 0. The number of aromatic amines is 1. The summed E-state index contributed by atoms with van der Waals surface area (Å²) < 4.78 is 33.1. The number of carbonyl (C=O) groups excluding carboxylic acids is 1. The summed E-state index contributed by atoms with van der Waals surface area (Å²) in [5.41, 5.74) is 1.78. The number of ether oxygens (including phenoxy) is 1. The largest absolute Gasteiger partial charge is 0.375 e. The third-order valence-electron chi connectivity index (χ3n) is 4.24. The van der Waals surface area contributed by atoms with Crippen molar-refractivity contribution in [2.75, 3.05) is 24.4 Å². The van der Waals surface area contributed by atoms with Gasteiger partial charge in [-0.05, 0) is 45.0 Å². The second-order valence-electron chi connectivity index (χ2n) is 6.38. The van der Waals surface area contributed by atoms with Gasteiger partial charge in [0.25, 0.3) is 15.9 Å². The van der Waals surface area contributed by atoms with Crippen molar-refractivity contribution >= 4 is 21.6 Å². The van der Waals surface area contributed by atoms with Crippen LogP contribution in [0.25, 0.3) is 0 Å². The molecule has 140 valence electrons. The molecule has 1 unspecified atom stereocenters. The number of hydrogen-bond acceptors (Lipinski definition) is 5. The molecule has 1 atom stereocenters. The van der Waals surface area contributed by atoms with Crippen molar-refractivity contribution in [1.29, 1.82) is 0 Å². The normalized spacial score (nSPS) is 18.0. The molecule has 1 aliphatic heterocycles. The Balaban J connectivity index is 1.75. The number of nitrogens with zero attached hydrogens (tertiary/aromatic N) is 2. The van der Waals surface area contributed by atoms with Crippen molar-refractivity contribution in [3.8, 4) is 0 Å². The van der Waals surface area contributed by atoms with E-state index in [0.717, 1.165) is 0 Å². The van der Waals surface area contributed by atoms with Crippen molar-refractivity contribution in [2.24, 2.45) is 0 Å². The van der Waals surface area contributed by atoms with E-state index in [2.05, 4.69) is 14.9 Å². The zero-order chi connectivity index (χ0) is 18.9. The van der Waals surface area contributed by atoms with Crippen LogP contribution in [0, 0.1) is 13.8 Å². The highest BCUT2D eigenvalue weighted by Gasteiger charge is 2.24. The molecular formula is C17H22N4O4S. The summed E-state index contributed by atoms with van der Waals surface area (Å²) in [4.78, 5) is 14.4. The molecule has 1 saturated heterocycles. The molecule has 1 amide bonds. The molecule has 3 rings (SSSR count). The maximum Gasteiger partial charge on any atom is 0.265 e. The third-order valence-corrected chi connectivity index (χ3v) is 5.89. The molecule has 0 aliphatic carbocycles. The molecule has 0 saturated carbocycles. The van der Waals surface area contributed by atoms with Crippen molar-refractivity contribution in [2.45, 2.75) is 31.8 Å². The second-order valence-corrected chi connectivity index (χ2v) is 8.00. The summed E-state index contributed by atoms with van der Waals surface area (Å²) in [5.74, 6) is -0.0870. The predicted octanol–water partition coefficient (Wildman–Crippen LogP) is 1.69. The minimum atomic E-state index is -3.75. The number of benzene rings is 1. The zero-order valence-electron chi connectivity index (χ0n) is 14.9. The number of morpholine rings is 1. The Kier molecular flexibility index (Phi) is 5.01. The fourth-order valence-corrected chi connectivity index (χ4v) is 4.44. The average Bonchev–Trinajstić information content (AvgIpc) is 2.94. The number of aromatic nitrogens is 2. The standard InChI is InChI=1S/C17H22N4O4S/c1-11-10-21(8-9-25-11)17(22)14-4-6-15(7-5-14)20-26(23,24)16-12(2)18-19-13(16)3/h4-7,11,20H,8-10H2,1-3H3,(H,18,19). The number of hydrogen-bond donors (Lipinski definition) is 2. The van der Waals surface area contributed by atoms with E-state index >= 15 is 0 Å². The number of nitrogens with one attached hydrogen (secondary N) is 2. The fourth-order valence-electron chi connectivity index (χ4n) is 3.01. The van der Waals surface area contributed by atoms with Crippen molar-refractivity contribution in [3.05, 3.63) is 41.2 Å². The molecule has 1 aliphatic rings. The molecule has 1 aromatic heterocycles. The SMILES string of the molecule is Cc1n[nH]c(C)c1S(=O)(=O)Nc1ccc(C(=O)N2CCOC(C)C2)cc1. The Morgan fingerprint density at radius 2 is 2.00 bits per heavy atom. The first kappa shape index (κ1) is 18.4. The van der Waals surface area contributed by atoms with Crippen LogP contribution in [0.5, 0.6) is 0 Å². The van der Waals surface area contributed by atoms with Crippen LogP contribution in [-0.4, -0.2) is 55.2 Å². The Morgan fingerprint density at radius 3 is 2.58 bits per heavy atom. The summed E-state index contributed by atoms with van der Waals surface area (Å²) in [6.07, 6.45) is 0.0141. The number of rotatable bonds is 4. The zero-order valence-corrected chi connectivity index (χ0v) is 15.8. The Hall–Kier alpha value is -2.39. The van der Waals surface area contributed by atoms with E-state index in [1.807, 2.05) is 6.92 Å². The highest BCUT2D eigenvalue weighted by molar-refractivity contribution is 7.92. The second kappa shape index (κ2) is 7.08. The maximum atomic E-state index is 12.5. The molecule has 0 radical (unpaired) electrons. The fraction of sp³-hybridized carbons (Fsp3) is 0.412. The topological polar surface area (TPSA) is 104 Å². The minimum Gasteiger partial charge on any atom is -0.375 e. The van der Waals surface area contributed by atoms with Gasteiger partial charge in [-0.1, -0.05) is 0 Å². The van der Waals surface area contributed by atoms with Gasteiger partial charge in [-0.3, -0.25) is 14.6 Å². The lowest BCUT2D eigenvalue weighted by Crippen LogP contribution is -2.44. The highest BCUT2D eigenvalue weighted by Crippen LogP contribution is 2.21. The molecule has 2 N–H and O–H groups in total. The van der Waals surface area contributed by atoms with Gasteiger partial charge in [0, 0.05) is 24.3 Å². The van der Waals surface area contributed by atoms with Gasteiger partial charge in [-0.15, -0.1) is 0 Å². The van der Waals surface area contributed by atoms with Crippen LogP contribution in [0.1, 0.15) is 28.7 Å². The number of aryl methyl sites for hydroxylation is 2. The van der Waals surface area contributed by atoms with E-state index in [1.165, 1.54) is 0 Å². The molecule has 0 spiro atoms. The minimum absolute atomic E-state index is 0.0141. The number of carbonyl (C=O) groups is 1. The number of sulfonamides is 1. The summed E-state index contributed by atoms with van der Waals surface area (Å²) in [6, 6.07) is 6.41. The quantitative estimate of drug-likeness (QED) is 0.842. The van der Waals surface area contributed by atoms with E-state index in [4.69, 9.17) is 4.74 Å². The summed E-state index contributed by atoms with van der Waals surface area (Å²) in [6.45, 7) is 6.83. The lowest BCUT2D eigenvalue weighted by Gasteiger charge is -2.31. The van der Waals surface area contributed by atoms with Gasteiger partial charge in [0.05, 0.1) is 24.1 Å². The van der Waals surface area contributed by atoms with Gasteiger partial charge in [0.1, 0.15) is 4.90 Å². The van der Waals surface area contributed by atoms with Crippen LogP contribution in [-0.2, 0) is 14.8 Å². The van der Waals surface area contributed by atoms with Crippen LogP contribution >= 0.6 is 0 Å². The lowest BCUT2D eigenvalue weighted by molar-refractivity contribution is -0.0124. The van der Waals surface area contributed by atoms with Crippen LogP contribution in [0.15, 0.2) is 29.2 Å². The van der Waals surface area contributed by atoms with E-state index < -0.39 is 10.0 Å². The van der Waals surface area contributed by atoms with Gasteiger partial charge in [-0.25, -0.2) is 8.42 Å². The van der Waals surface area contributed by atoms with E-state index in [1.54, 1.807) is 43.0 Å². The van der Waals surface area contributed by atoms with Gasteiger partial charge in [-0.2, -0.15) is 5.10 Å². The van der Waals surface area contributed by atoms with E-state index in [9.17, 15) is 13.2 Å². The molecule has 1 aromatic carbocycles. The number of H-pyrrole nitrogens is 1.